The number of nitrogens with one attached hydrogen (secondary N) is 2. The second-order valence-corrected chi connectivity index (χ2v) is 10.2. The fraction of sp³-hybridized carbons (Fsp3) is 0.281. The Kier molecular flexibility index (Phi) is 9.67. The van der Waals surface area contributed by atoms with Crippen molar-refractivity contribution in [2.75, 3.05) is 19.5 Å². The molecule has 224 valence electrons. The van der Waals surface area contributed by atoms with Gasteiger partial charge in [-0.2, -0.15) is 15.0 Å². The summed E-state index contributed by atoms with van der Waals surface area (Å²) in [5.74, 6) is 0.840. The van der Waals surface area contributed by atoms with E-state index in [0.717, 1.165) is 36.3 Å². The number of hydrogen-bond donors (Lipinski definition) is 5. The number of nitrogen functional groups attached to an aromatic ring is 1. The number of imidazole rings is 1. The van der Waals surface area contributed by atoms with Gasteiger partial charge in [-0.15, -0.1) is 0 Å². The lowest BCUT2D eigenvalue weighted by Crippen LogP contribution is -2.14. The molecule has 0 amide bonds. The Morgan fingerprint density at radius 2 is 1.35 bits per heavy atom. The number of aromatic hydroxyl groups is 1. The molecule has 0 unspecified atom stereocenters. The SMILES string of the molecule is CCOc1nc(N)c2nc(O)n(Cc3ccc(CNCc4ccc(CNCc5ccc(CN)cc5)cc4)cc3OC)c2n1. The first kappa shape index (κ1) is 29.8. The lowest BCUT2D eigenvalue weighted by molar-refractivity contribution is 0.314. The van der Waals surface area contributed by atoms with E-state index in [0.29, 0.717) is 36.6 Å². The number of methoxy groups -OCH3 is 1. The molecule has 0 saturated carbocycles. The monoisotopic (exact) mass is 582 g/mol. The molecule has 0 saturated heterocycles. The molecule has 0 fully saturated rings. The number of fused-ring (bicyclic) bond motifs is 1. The largest absolute Gasteiger partial charge is 0.496 e. The Labute approximate surface area is 250 Å². The van der Waals surface area contributed by atoms with Gasteiger partial charge in [0.05, 0.1) is 20.3 Å². The molecule has 5 rings (SSSR count). The van der Waals surface area contributed by atoms with E-state index in [1.54, 1.807) is 11.7 Å². The van der Waals surface area contributed by atoms with E-state index in [2.05, 4.69) is 74.1 Å². The summed E-state index contributed by atoms with van der Waals surface area (Å²) in [6.07, 6.45) is 0. The first-order chi connectivity index (χ1) is 21.0. The molecule has 0 bridgehead atoms. The second-order valence-electron chi connectivity index (χ2n) is 10.2. The number of anilines is 1. The van der Waals surface area contributed by atoms with Crippen molar-refractivity contribution in [1.29, 1.82) is 0 Å². The van der Waals surface area contributed by atoms with Crippen LogP contribution in [0.5, 0.6) is 17.8 Å². The maximum atomic E-state index is 10.5. The molecule has 0 spiro atoms. The van der Waals surface area contributed by atoms with Gasteiger partial charge in [-0.05, 0) is 40.8 Å². The molecule has 0 radical (unpaired) electrons. The molecule has 3 aromatic carbocycles. The average molecular weight is 583 g/mol. The standard InChI is InChI=1S/C32H38N8O3/c1-3-43-31-38-29(34)28-30(39-31)40(32(41)37-28)20-26-13-12-25(14-27(26)42-2)19-36-18-24-10-8-23(9-11-24)17-35-16-22-6-4-21(15-33)5-7-22/h4-14,35-36H,3,15-20,33H2,1-2H3,(H,37,41)(H2,34,38,39). The van der Waals surface area contributed by atoms with Gasteiger partial charge in [0.1, 0.15) is 5.75 Å². The lowest BCUT2D eigenvalue weighted by Gasteiger charge is -2.13. The Balaban J connectivity index is 1.15. The summed E-state index contributed by atoms with van der Waals surface area (Å²) in [4.78, 5) is 12.6. The Morgan fingerprint density at radius 1 is 0.791 bits per heavy atom. The summed E-state index contributed by atoms with van der Waals surface area (Å²) < 4.78 is 12.7. The first-order valence-corrected chi connectivity index (χ1v) is 14.3. The van der Waals surface area contributed by atoms with Gasteiger partial charge in [-0.3, -0.25) is 4.57 Å². The van der Waals surface area contributed by atoms with Crippen molar-refractivity contribution in [1.82, 2.24) is 30.2 Å². The molecule has 11 heteroatoms. The van der Waals surface area contributed by atoms with Gasteiger partial charge >= 0.3 is 6.01 Å². The summed E-state index contributed by atoms with van der Waals surface area (Å²) in [6, 6.07) is 22.9. The maximum absolute atomic E-state index is 10.5. The zero-order valence-electron chi connectivity index (χ0n) is 24.5. The summed E-state index contributed by atoms with van der Waals surface area (Å²) in [7, 11) is 1.63. The predicted octanol–water partition coefficient (Wildman–Crippen LogP) is 3.61. The topological polar surface area (TPSA) is 158 Å². The maximum Gasteiger partial charge on any atom is 0.320 e. The Morgan fingerprint density at radius 3 is 1.91 bits per heavy atom. The smallest absolute Gasteiger partial charge is 0.320 e. The third kappa shape index (κ3) is 7.39. The van der Waals surface area contributed by atoms with E-state index in [1.165, 1.54) is 16.7 Å². The van der Waals surface area contributed by atoms with Gasteiger partial charge in [-0.1, -0.05) is 60.7 Å². The number of nitrogens with two attached hydrogens (primary N) is 2. The van der Waals surface area contributed by atoms with Gasteiger partial charge in [0.15, 0.2) is 17.0 Å². The third-order valence-corrected chi connectivity index (χ3v) is 7.13. The van der Waals surface area contributed by atoms with Crippen LogP contribution in [0.3, 0.4) is 0 Å². The van der Waals surface area contributed by atoms with E-state index in [1.807, 2.05) is 25.1 Å². The Hall–Kier alpha value is -4.71. The van der Waals surface area contributed by atoms with Crippen LogP contribution in [0.2, 0.25) is 0 Å². The van der Waals surface area contributed by atoms with Crippen molar-refractivity contribution in [3.63, 3.8) is 0 Å². The minimum Gasteiger partial charge on any atom is -0.496 e. The summed E-state index contributed by atoms with van der Waals surface area (Å²) >= 11 is 0. The summed E-state index contributed by atoms with van der Waals surface area (Å²) in [5.41, 5.74) is 19.2. The predicted molar refractivity (Wildman–Crippen MR) is 167 cm³/mol. The molecule has 11 nitrogen and oxygen atoms in total. The van der Waals surface area contributed by atoms with Crippen molar-refractivity contribution in [3.05, 3.63) is 100 Å². The molecule has 0 aliphatic heterocycles. The quantitative estimate of drug-likeness (QED) is 0.131. The minimum atomic E-state index is -0.211. The van der Waals surface area contributed by atoms with Crippen LogP contribution >= 0.6 is 0 Å². The molecule has 7 N–H and O–H groups in total. The van der Waals surface area contributed by atoms with Crippen molar-refractivity contribution in [2.24, 2.45) is 5.73 Å². The number of ether oxygens (including phenoxy) is 2. The normalized spacial score (nSPS) is 11.2. The molecular weight excluding hydrogens is 544 g/mol. The van der Waals surface area contributed by atoms with Crippen LogP contribution in [0, 0.1) is 0 Å². The van der Waals surface area contributed by atoms with E-state index < -0.39 is 0 Å². The van der Waals surface area contributed by atoms with Crippen LogP contribution in [0.4, 0.5) is 5.82 Å². The van der Waals surface area contributed by atoms with Gasteiger partial charge < -0.3 is 36.7 Å². The fourth-order valence-electron chi connectivity index (χ4n) is 4.80. The van der Waals surface area contributed by atoms with E-state index in [9.17, 15) is 5.11 Å². The molecule has 2 aromatic heterocycles. The number of benzene rings is 3. The molecule has 0 aliphatic rings. The fourth-order valence-corrected chi connectivity index (χ4v) is 4.80. The summed E-state index contributed by atoms with van der Waals surface area (Å²) in [5, 5.41) is 17.5. The zero-order chi connectivity index (χ0) is 30.2. The molecule has 0 aliphatic carbocycles. The number of hydrogen-bond acceptors (Lipinski definition) is 10. The van der Waals surface area contributed by atoms with Gasteiger partial charge in [0.25, 0.3) is 6.01 Å². The van der Waals surface area contributed by atoms with Crippen molar-refractivity contribution in [2.45, 2.75) is 46.2 Å². The van der Waals surface area contributed by atoms with E-state index >= 15 is 0 Å². The number of nitrogens with zero attached hydrogens (tertiary/aromatic N) is 4. The van der Waals surface area contributed by atoms with Crippen LogP contribution in [0.15, 0.2) is 66.7 Å². The highest BCUT2D eigenvalue weighted by atomic mass is 16.5. The van der Waals surface area contributed by atoms with Gasteiger partial charge in [-0.25, -0.2) is 0 Å². The third-order valence-electron chi connectivity index (χ3n) is 7.13. The number of aromatic nitrogens is 4. The van der Waals surface area contributed by atoms with E-state index in [-0.39, 0.29) is 24.4 Å². The van der Waals surface area contributed by atoms with Crippen molar-refractivity contribution < 1.29 is 14.6 Å². The zero-order valence-corrected chi connectivity index (χ0v) is 24.5. The van der Waals surface area contributed by atoms with Crippen LogP contribution in [-0.2, 0) is 39.3 Å². The second kappa shape index (κ2) is 14.0. The van der Waals surface area contributed by atoms with Gasteiger partial charge in [0, 0.05) is 38.3 Å². The molecular formula is C32H38N8O3. The van der Waals surface area contributed by atoms with Crippen LogP contribution in [0.1, 0.15) is 40.3 Å². The van der Waals surface area contributed by atoms with Crippen LogP contribution in [0.25, 0.3) is 11.2 Å². The highest BCUT2D eigenvalue weighted by Crippen LogP contribution is 2.28. The van der Waals surface area contributed by atoms with E-state index in [4.69, 9.17) is 20.9 Å². The van der Waals surface area contributed by atoms with Crippen LogP contribution in [-0.4, -0.2) is 38.3 Å². The van der Waals surface area contributed by atoms with Gasteiger partial charge in [0.2, 0.25) is 0 Å². The highest BCUT2D eigenvalue weighted by molar-refractivity contribution is 5.83. The molecule has 43 heavy (non-hydrogen) atoms. The highest BCUT2D eigenvalue weighted by Gasteiger charge is 2.18. The van der Waals surface area contributed by atoms with Crippen molar-refractivity contribution in [3.8, 4) is 17.8 Å². The Bertz CT molecular complexity index is 1650. The average Bonchev–Trinajstić information content (AvgIpc) is 3.34. The first-order valence-electron chi connectivity index (χ1n) is 14.3. The molecule has 2 heterocycles. The number of rotatable bonds is 14. The summed E-state index contributed by atoms with van der Waals surface area (Å²) in [6.45, 7) is 6.10. The van der Waals surface area contributed by atoms with Crippen LogP contribution < -0.4 is 31.6 Å². The van der Waals surface area contributed by atoms with Crippen molar-refractivity contribution >= 4 is 17.0 Å². The molecule has 0 atom stereocenters. The lowest BCUT2D eigenvalue weighted by atomic mass is 10.1. The molecule has 5 aromatic rings. The minimum absolute atomic E-state index is 0.137.